The molecule has 0 saturated heterocycles. The number of aromatic hydroxyl groups is 1. The summed E-state index contributed by atoms with van der Waals surface area (Å²) in [7, 11) is 0. The molecule has 0 fully saturated rings. The first-order chi connectivity index (χ1) is 12.2. The maximum absolute atomic E-state index is 12.9. The van der Waals surface area contributed by atoms with Gasteiger partial charge in [-0.15, -0.1) is 11.3 Å². The van der Waals surface area contributed by atoms with Crippen LogP contribution in [0.25, 0.3) is 6.08 Å². The van der Waals surface area contributed by atoms with Gasteiger partial charge in [0.25, 0.3) is 5.91 Å². The zero-order valence-corrected chi connectivity index (χ0v) is 13.9. The van der Waals surface area contributed by atoms with Gasteiger partial charge in [-0.2, -0.15) is 0 Å². The van der Waals surface area contributed by atoms with Crippen molar-refractivity contribution in [3.63, 3.8) is 0 Å². The Kier molecular flexibility index (Phi) is 3.87. The van der Waals surface area contributed by atoms with Gasteiger partial charge in [-0.25, -0.2) is 14.9 Å². The van der Waals surface area contributed by atoms with E-state index in [2.05, 4.69) is 9.98 Å². The summed E-state index contributed by atoms with van der Waals surface area (Å²) in [6.45, 7) is 0. The number of hydrogen-bond donors (Lipinski definition) is 1. The van der Waals surface area contributed by atoms with Crippen LogP contribution in [0.4, 0.5) is 5.13 Å². The molecule has 0 bridgehead atoms. The lowest BCUT2D eigenvalue weighted by molar-refractivity contribution is -0.113. The van der Waals surface area contributed by atoms with Crippen molar-refractivity contribution < 1.29 is 9.90 Å². The highest BCUT2D eigenvalue weighted by Gasteiger charge is 2.33. The lowest BCUT2D eigenvalue weighted by Gasteiger charge is -2.14. The lowest BCUT2D eigenvalue weighted by atomic mass is 10.2. The highest BCUT2D eigenvalue weighted by molar-refractivity contribution is 7.14. The summed E-state index contributed by atoms with van der Waals surface area (Å²) in [4.78, 5) is 23.3. The molecule has 2 aromatic carbocycles. The van der Waals surface area contributed by atoms with Crippen LogP contribution in [0.5, 0.6) is 5.75 Å². The van der Waals surface area contributed by atoms with Crippen LogP contribution in [-0.2, 0) is 4.79 Å². The molecule has 1 amide bonds. The monoisotopic (exact) mass is 347 g/mol. The number of benzene rings is 2. The molecule has 3 aromatic rings. The molecular formula is C19H13N3O2S. The SMILES string of the molecule is O=C1C(=Cc2ccc(O)cc2)N=C(c2ccccc2)N1c1nccs1. The largest absolute Gasteiger partial charge is 0.508 e. The van der Waals surface area contributed by atoms with Gasteiger partial charge in [0, 0.05) is 17.1 Å². The summed E-state index contributed by atoms with van der Waals surface area (Å²) in [6.07, 6.45) is 3.37. The molecule has 5 nitrogen and oxygen atoms in total. The van der Waals surface area contributed by atoms with E-state index in [1.165, 1.54) is 16.2 Å². The molecule has 1 aliphatic rings. The molecule has 1 aliphatic heterocycles. The number of phenols is 1. The first kappa shape index (κ1) is 15.3. The van der Waals surface area contributed by atoms with Crippen LogP contribution in [0, 0.1) is 0 Å². The summed E-state index contributed by atoms with van der Waals surface area (Å²) in [5.74, 6) is 0.519. The smallest absolute Gasteiger partial charge is 0.284 e. The van der Waals surface area contributed by atoms with E-state index in [1.807, 2.05) is 35.7 Å². The molecule has 4 rings (SSSR count). The number of phenolic OH excluding ortho intramolecular Hbond substituents is 1. The van der Waals surface area contributed by atoms with Crippen LogP contribution in [0.2, 0.25) is 0 Å². The predicted octanol–water partition coefficient (Wildman–Crippen LogP) is 3.68. The average molecular weight is 347 g/mol. The van der Waals surface area contributed by atoms with E-state index in [0.717, 1.165) is 11.1 Å². The van der Waals surface area contributed by atoms with E-state index >= 15 is 0 Å². The Labute approximate surface area is 148 Å². The second-order valence-corrected chi connectivity index (χ2v) is 6.25. The molecule has 1 N–H and O–H groups in total. The van der Waals surface area contributed by atoms with E-state index in [4.69, 9.17) is 0 Å². The van der Waals surface area contributed by atoms with Gasteiger partial charge in [0.1, 0.15) is 17.3 Å². The predicted molar refractivity (Wildman–Crippen MR) is 98.7 cm³/mol. The van der Waals surface area contributed by atoms with E-state index < -0.39 is 0 Å². The van der Waals surface area contributed by atoms with E-state index in [0.29, 0.717) is 16.7 Å². The van der Waals surface area contributed by atoms with Crippen LogP contribution in [0.3, 0.4) is 0 Å². The second kappa shape index (κ2) is 6.33. The fourth-order valence-electron chi connectivity index (χ4n) is 2.53. The molecule has 0 atom stereocenters. The van der Waals surface area contributed by atoms with Crippen molar-refractivity contribution in [1.82, 2.24) is 4.98 Å². The van der Waals surface area contributed by atoms with Gasteiger partial charge in [0.2, 0.25) is 0 Å². The molecule has 0 aliphatic carbocycles. The van der Waals surface area contributed by atoms with Gasteiger partial charge in [-0.1, -0.05) is 42.5 Å². The van der Waals surface area contributed by atoms with Gasteiger partial charge in [-0.05, 0) is 23.8 Å². The van der Waals surface area contributed by atoms with Crippen molar-refractivity contribution in [2.75, 3.05) is 4.90 Å². The summed E-state index contributed by atoms with van der Waals surface area (Å²) < 4.78 is 0. The summed E-state index contributed by atoms with van der Waals surface area (Å²) >= 11 is 1.39. The van der Waals surface area contributed by atoms with Crippen molar-refractivity contribution in [2.45, 2.75) is 0 Å². The van der Waals surface area contributed by atoms with Crippen molar-refractivity contribution >= 4 is 34.3 Å². The topological polar surface area (TPSA) is 65.8 Å². The molecule has 2 heterocycles. The minimum atomic E-state index is -0.220. The van der Waals surface area contributed by atoms with Crippen molar-refractivity contribution in [2.24, 2.45) is 4.99 Å². The zero-order chi connectivity index (χ0) is 17.2. The van der Waals surface area contributed by atoms with Gasteiger partial charge in [0.05, 0.1) is 0 Å². The molecule has 1 aromatic heterocycles. The number of anilines is 1. The van der Waals surface area contributed by atoms with Crippen molar-refractivity contribution in [1.29, 1.82) is 0 Å². The van der Waals surface area contributed by atoms with Gasteiger partial charge >= 0.3 is 0 Å². The number of hydrogen-bond acceptors (Lipinski definition) is 5. The number of rotatable bonds is 3. The highest BCUT2D eigenvalue weighted by atomic mass is 32.1. The maximum Gasteiger partial charge on any atom is 0.284 e. The van der Waals surface area contributed by atoms with Crippen molar-refractivity contribution in [3.8, 4) is 5.75 Å². The second-order valence-electron chi connectivity index (χ2n) is 5.38. The van der Waals surface area contributed by atoms with Crippen molar-refractivity contribution in [3.05, 3.63) is 83.0 Å². The molecule has 0 radical (unpaired) electrons. The third kappa shape index (κ3) is 2.95. The number of aliphatic imine (C=N–C) groups is 1. The Morgan fingerprint density at radius 1 is 1.04 bits per heavy atom. The fourth-order valence-corrected chi connectivity index (χ4v) is 3.17. The quantitative estimate of drug-likeness (QED) is 0.735. The van der Waals surface area contributed by atoms with Crippen LogP contribution in [-0.4, -0.2) is 21.8 Å². The number of carbonyl (C=O) groups excluding carboxylic acids is 1. The number of nitrogens with zero attached hydrogens (tertiary/aromatic N) is 3. The maximum atomic E-state index is 12.9. The van der Waals surface area contributed by atoms with Gasteiger partial charge in [-0.3, -0.25) is 4.79 Å². The van der Waals surface area contributed by atoms with E-state index in [9.17, 15) is 9.90 Å². The Hall–Kier alpha value is -3.25. The van der Waals surface area contributed by atoms with Gasteiger partial charge in [0.15, 0.2) is 5.13 Å². The standard InChI is InChI=1S/C19H13N3O2S/c23-15-8-6-13(7-9-15)12-16-18(24)22(19-20-10-11-25-19)17(21-16)14-4-2-1-3-5-14/h1-12,23H. The normalized spacial score (nSPS) is 15.7. The zero-order valence-electron chi connectivity index (χ0n) is 13.0. The Bertz CT molecular complexity index is 962. The molecular weight excluding hydrogens is 334 g/mol. The minimum absolute atomic E-state index is 0.179. The first-order valence-electron chi connectivity index (χ1n) is 7.61. The third-order valence-corrected chi connectivity index (χ3v) is 4.46. The summed E-state index contributed by atoms with van der Waals surface area (Å²) in [6, 6.07) is 16.2. The van der Waals surface area contributed by atoms with Crippen LogP contribution < -0.4 is 4.90 Å². The number of amides is 1. The van der Waals surface area contributed by atoms with Gasteiger partial charge < -0.3 is 5.11 Å². The van der Waals surface area contributed by atoms with Crippen LogP contribution in [0.15, 0.2) is 76.9 Å². The number of aromatic nitrogens is 1. The summed E-state index contributed by atoms with van der Waals surface area (Å²) in [5, 5.41) is 11.8. The molecule has 0 unspecified atom stereocenters. The van der Waals surface area contributed by atoms with Crippen LogP contribution in [0.1, 0.15) is 11.1 Å². The van der Waals surface area contributed by atoms with E-state index in [1.54, 1.807) is 36.5 Å². The number of carbonyl (C=O) groups is 1. The number of thiazole rings is 1. The Morgan fingerprint density at radius 2 is 1.80 bits per heavy atom. The first-order valence-corrected chi connectivity index (χ1v) is 8.49. The summed E-state index contributed by atoms with van der Waals surface area (Å²) in [5.41, 5.74) is 1.97. The fraction of sp³-hybridized carbons (Fsp3) is 0. The molecule has 6 heteroatoms. The minimum Gasteiger partial charge on any atom is -0.508 e. The molecule has 25 heavy (non-hydrogen) atoms. The average Bonchev–Trinajstić information content (AvgIpc) is 3.26. The lowest BCUT2D eigenvalue weighted by Crippen LogP contribution is -2.32. The highest BCUT2D eigenvalue weighted by Crippen LogP contribution is 2.29. The van der Waals surface area contributed by atoms with E-state index in [-0.39, 0.29) is 11.7 Å². The number of amidine groups is 1. The third-order valence-electron chi connectivity index (χ3n) is 3.70. The Morgan fingerprint density at radius 3 is 2.48 bits per heavy atom. The Balaban J connectivity index is 1.80. The molecule has 122 valence electrons. The van der Waals surface area contributed by atoms with Crippen LogP contribution >= 0.6 is 11.3 Å². The molecule has 0 spiro atoms. The molecule has 0 saturated carbocycles.